The minimum absolute atomic E-state index is 0.541. The Morgan fingerprint density at radius 1 is 1.18 bits per heavy atom. The summed E-state index contributed by atoms with van der Waals surface area (Å²) in [6.07, 6.45) is 6.82. The highest BCUT2D eigenvalue weighted by Gasteiger charge is 2.18. The van der Waals surface area contributed by atoms with Gasteiger partial charge in [-0.15, -0.1) is 21.5 Å². The summed E-state index contributed by atoms with van der Waals surface area (Å²) in [4.78, 5) is 8.39. The number of aromatic nitrogens is 5. The van der Waals surface area contributed by atoms with Gasteiger partial charge in [0.05, 0.1) is 17.8 Å². The first-order valence-corrected chi connectivity index (χ1v) is 7.34. The van der Waals surface area contributed by atoms with E-state index in [1.165, 1.54) is 11.3 Å². The molecule has 0 saturated carbocycles. The molecule has 104 valence electrons. The van der Waals surface area contributed by atoms with Crippen molar-refractivity contribution in [2.75, 3.05) is 0 Å². The average molecular weight is 304 g/mol. The van der Waals surface area contributed by atoms with Gasteiger partial charge in [0.25, 0.3) is 0 Å². The van der Waals surface area contributed by atoms with Crippen molar-refractivity contribution >= 4 is 17.0 Å². The van der Waals surface area contributed by atoms with Gasteiger partial charge in [-0.05, 0) is 6.07 Å². The van der Waals surface area contributed by atoms with Crippen LogP contribution in [0.4, 0.5) is 0 Å². The second-order valence-corrected chi connectivity index (χ2v) is 5.40. The molecule has 0 fully saturated rings. The van der Waals surface area contributed by atoms with Crippen molar-refractivity contribution in [2.24, 2.45) is 0 Å². The SMILES string of the molecule is N#Cc1cccc(-c2nccs2)c1-c1nnc2cnccn12. The number of nitrogens with zero attached hydrogens (tertiary/aromatic N) is 6. The molecule has 0 aliphatic rings. The Balaban J connectivity index is 2.08. The predicted octanol–water partition coefficient (Wildman–Crippen LogP) is 2.79. The van der Waals surface area contributed by atoms with E-state index in [-0.39, 0.29) is 0 Å². The Morgan fingerprint density at radius 3 is 2.95 bits per heavy atom. The number of thiazole rings is 1. The second-order valence-electron chi connectivity index (χ2n) is 4.51. The summed E-state index contributed by atoms with van der Waals surface area (Å²) in [6, 6.07) is 7.80. The zero-order chi connectivity index (χ0) is 14.9. The molecule has 0 N–H and O–H groups in total. The fourth-order valence-corrected chi connectivity index (χ4v) is 3.01. The van der Waals surface area contributed by atoms with Gasteiger partial charge in [-0.1, -0.05) is 12.1 Å². The lowest BCUT2D eigenvalue weighted by Gasteiger charge is -2.07. The summed E-state index contributed by atoms with van der Waals surface area (Å²) in [5.41, 5.74) is 2.79. The number of fused-ring (bicyclic) bond motifs is 1. The quantitative estimate of drug-likeness (QED) is 0.569. The van der Waals surface area contributed by atoms with Gasteiger partial charge < -0.3 is 0 Å². The van der Waals surface area contributed by atoms with E-state index in [0.29, 0.717) is 17.0 Å². The molecule has 0 bridgehead atoms. The topological polar surface area (TPSA) is 79.8 Å². The lowest BCUT2D eigenvalue weighted by Crippen LogP contribution is -1.95. The van der Waals surface area contributed by atoms with Crippen LogP contribution < -0.4 is 0 Å². The van der Waals surface area contributed by atoms with Crippen LogP contribution in [0.5, 0.6) is 0 Å². The van der Waals surface area contributed by atoms with Gasteiger partial charge in [-0.25, -0.2) is 4.98 Å². The van der Waals surface area contributed by atoms with Crippen LogP contribution in [0.2, 0.25) is 0 Å². The molecular weight excluding hydrogens is 296 g/mol. The van der Waals surface area contributed by atoms with Crippen LogP contribution in [-0.4, -0.2) is 24.6 Å². The van der Waals surface area contributed by atoms with E-state index in [4.69, 9.17) is 0 Å². The van der Waals surface area contributed by atoms with E-state index in [2.05, 4.69) is 26.2 Å². The van der Waals surface area contributed by atoms with Gasteiger partial charge >= 0.3 is 0 Å². The standard InChI is InChI=1S/C15H8N6S/c16-8-10-2-1-3-11(15-18-5-7-22-15)13(10)14-20-19-12-9-17-4-6-21(12)14/h1-7,9H. The molecule has 0 spiro atoms. The minimum Gasteiger partial charge on any atom is -0.280 e. The van der Waals surface area contributed by atoms with Crippen LogP contribution in [0.15, 0.2) is 48.4 Å². The summed E-state index contributed by atoms with van der Waals surface area (Å²) in [5.74, 6) is 0.611. The van der Waals surface area contributed by atoms with E-state index >= 15 is 0 Å². The third kappa shape index (κ3) is 1.86. The van der Waals surface area contributed by atoms with E-state index in [1.54, 1.807) is 30.9 Å². The molecule has 0 aliphatic carbocycles. The monoisotopic (exact) mass is 304 g/mol. The molecule has 3 heterocycles. The summed E-state index contributed by atoms with van der Waals surface area (Å²) in [5, 5.41) is 20.6. The maximum Gasteiger partial charge on any atom is 0.179 e. The summed E-state index contributed by atoms with van der Waals surface area (Å²) in [6.45, 7) is 0. The van der Waals surface area contributed by atoms with Crippen molar-refractivity contribution in [3.63, 3.8) is 0 Å². The molecule has 0 aliphatic heterocycles. The minimum atomic E-state index is 0.541. The summed E-state index contributed by atoms with van der Waals surface area (Å²) >= 11 is 1.52. The molecule has 4 rings (SSSR count). The Bertz CT molecular complexity index is 996. The van der Waals surface area contributed by atoms with Crippen LogP contribution in [0.3, 0.4) is 0 Å². The zero-order valence-electron chi connectivity index (χ0n) is 11.2. The summed E-state index contributed by atoms with van der Waals surface area (Å²) in [7, 11) is 0. The molecule has 1 aromatic carbocycles. The molecule has 7 heteroatoms. The van der Waals surface area contributed by atoms with E-state index in [0.717, 1.165) is 16.1 Å². The van der Waals surface area contributed by atoms with Crippen LogP contribution in [-0.2, 0) is 0 Å². The average Bonchev–Trinajstić information content (AvgIpc) is 3.23. The lowest BCUT2D eigenvalue weighted by molar-refractivity contribution is 1.11. The number of benzene rings is 1. The van der Waals surface area contributed by atoms with Crippen molar-refractivity contribution in [1.82, 2.24) is 24.6 Å². The van der Waals surface area contributed by atoms with Gasteiger partial charge in [0.1, 0.15) is 5.01 Å². The third-order valence-electron chi connectivity index (χ3n) is 3.29. The Hall–Kier alpha value is -3.11. The normalized spacial score (nSPS) is 10.7. The molecule has 4 aromatic rings. The fraction of sp³-hybridized carbons (Fsp3) is 0. The van der Waals surface area contributed by atoms with Crippen molar-refractivity contribution in [3.05, 3.63) is 53.9 Å². The molecule has 0 atom stereocenters. The number of hydrogen-bond donors (Lipinski definition) is 0. The van der Waals surface area contributed by atoms with Crippen molar-refractivity contribution < 1.29 is 0 Å². The van der Waals surface area contributed by atoms with Crippen molar-refractivity contribution in [3.8, 4) is 28.0 Å². The number of rotatable bonds is 2. The highest BCUT2D eigenvalue weighted by atomic mass is 32.1. The largest absolute Gasteiger partial charge is 0.280 e. The van der Waals surface area contributed by atoms with E-state index in [9.17, 15) is 5.26 Å². The fourth-order valence-electron chi connectivity index (χ4n) is 2.34. The number of hydrogen-bond acceptors (Lipinski definition) is 6. The van der Waals surface area contributed by atoms with Gasteiger partial charge in [0.15, 0.2) is 11.5 Å². The van der Waals surface area contributed by atoms with Gasteiger partial charge in [-0.2, -0.15) is 5.26 Å². The second kappa shape index (κ2) is 5.02. The molecular formula is C15H8N6S. The van der Waals surface area contributed by atoms with Crippen molar-refractivity contribution in [2.45, 2.75) is 0 Å². The first-order chi connectivity index (χ1) is 10.9. The van der Waals surface area contributed by atoms with Crippen molar-refractivity contribution in [1.29, 1.82) is 5.26 Å². The molecule has 0 unspecified atom stereocenters. The number of nitriles is 1. The molecule has 3 aromatic heterocycles. The van der Waals surface area contributed by atoms with E-state index < -0.39 is 0 Å². The molecule has 22 heavy (non-hydrogen) atoms. The third-order valence-corrected chi connectivity index (χ3v) is 4.09. The Kier molecular flexibility index (Phi) is 2.88. The highest BCUT2D eigenvalue weighted by Crippen LogP contribution is 2.34. The first kappa shape index (κ1) is 12.6. The molecule has 6 nitrogen and oxygen atoms in total. The van der Waals surface area contributed by atoms with Crippen LogP contribution in [0.25, 0.3) is 27.6 Å². The highest BCUT2D eigenvalue weighted by molar-refractivity contribution is 7.13. The van der Waals surface area contributed by atoms with Gasteiger partial charge in [-0.3, -0.25) is 9.38 Å². The first-order valence-electron chi connectivity index (χ1n) is 6.46. The van der Waals surface area contributed by atoms with Crippen LogP contribution in [0.1, 0.15) is 5.56 Å². The molecule has 0 amide bonds. The molecule has 0 saturated heterocycles. The molecule has 0 radical (unpaired) electrons. The maximum absolute atomic E-state index is 9.47. The lowest BCUT2D eigenvalue weighted by atomic mass is 10.0. The van der Waals surface area contributed by atoms with Crippen LogP contribution in [0, 0.1) is 11.3 Å². The van der Waals surface area contributed by atoms with Crippen LogP contribution >= 0.6 is 11.3 Å². The predicted molar refractivity (Wildman–Crippen MR) is 82.0 cm³/mol. The smallest absolute Gasteiger partial charge is 0.179 e. The summed E-state index contributed by atoms with van der Waals surface area (Å²) < 4.78 is 1.82. The maximum atomic E-state index is 9.47. The Labute approximate surface area is 129 Å². The Morgan fingerprint density at radius 2 is 2.14 bits per heavy atom. The van der Waals surface area contributed by atoms with E-state index in [1.807, 2.05) is 21.9 Å². The van der Waals surface area contributed by atoms with Gasteiger partial charge in [0.2, 0.25) is 0 Å². The van der Waals surface area contributed by atoms with Gasteiger partial charge in [0, 0.05) is 35.1 Å². The zero-order valence-corrected chi connectivity index (χ0v) is 12.0.